The summed E-state index contributed by atoms with van der Waals surface area (Å²) < 4.78 is 0. The summed E-state index contributed by atoms with van der Waals surface area (Å²) in [4.78, 5) is 0. The first kappa shape index (κ1) is 11.7. The molecule has 0 heterocycles. The number of hydrogen-bond acceptors (Lipinski definition) is 2. The molecule has 1 aliphatic carbocycles. The smallest absolute Gasteiger partial charge is 0.0830 e. The number of aliphatic hydroxyl groups excluding tert-OH is 2. The van der Waals surface area contributed by atoms with Crippen LogP contribution in [0.1, 0.15) is 40.5 Å². The highest BCUT2D eigenvalue weighted by atomic mass is 16.3. The molecular formula is C12H22O2. The Balaban J connectivity index is 3.00. The number of hydrogen-bond donors (Lipinski definition) is 2. The molecule has 3 atom stereocenters. The Morgan fingerprint density at radius 1 is 1.50 bits per heavy atom. The molecular weight excluding hydrogens is 176 g/mol. The van der Waals surface area contributed by atoms with E-state index < -0.39 is 6.10 Å². The topological polar surface area (TPSA) is 40.5 Å². The average molecular weight is 198 g/mol. The molecule has 82 valence electrons. The van der Waals surface area contributed by atoms with Gasteiger partial charge in [0.15, 0.2) is 0 Å². The second kappa shape index (κ2) is 4.03. The van der Waals surface area contributed by atoms with Gasteiger partial charge in [0.05, 0.1) is 12.7 Å². The molecule has 1 saturated carbocycles. The van der Waals surface area contributed by atoms with E-state index in [0.29, 0.717) is 5.92 Å². The summed E-state index contributed by atoms with van der Waals surface area (Å²) in [5.41, 5.74) is 1.97. The van der Waals surface area contributed by atoms with E-state index in [0.717, 1.165) is 18.4 Å². The Bertz CT molecular complexity index is 241. The monoisotopic (exact) mass is 198 g/mol. The fourth-order valence-corrected chi connectivity index (χ4v) is 2.27. The Kier molecular flexibility index (Phi) is 3.38. The predicted molar refractivity (Wildman–Crippen MR) is 58.0 cm³/mol. The van der Waals surface area contributed by atoms with Gasteiger partial charge in [-0.3, -0.25) is 0 Å². The lowest BCUT2D eigenvalue weighted by atomic mass is 9.64. The zero-order valence-corrected chi connectivity index (χ0v) is 9.67. The van der Waals surface area contributed by atoms with Crippen molar-refractivity contribution < 1.29 is 10.2 Å². The summed E-state index contributed by atoms with van der Waals surface area (Å²) >= 11 is 0. The van der Waals surface area contributed by atoms with Gasteiger partial charge < -0.3 is 10.2 Å². The number of allylic oxidation sites excluding steroid dienone is 1. The Morgan fingerprint density at radius 3 is 2.50 bits per heavy atom. The van der Waals surface area contributed by atoms with Crippen LogP contribution in [0.3, 0.4) is 0 Å². The second-order valence-corrected chi connectivity index (χ2v) is 5.03. The fraction of sp³-hybridized carbons (Fsp3) is 0.833. The van der Waals surface area contributed by atoms with Crippen molar-refractivity contribution in [3.8, 4) is 0 Å². The van der Waals surface area contributed by atoms with Crippen LogP contribution in [0.25, 0.3) is 0 Å². The van der Waals surface area contributed by atoms with Gasteiger partial charge in [-0.1, -0.05) is 19.4 Å². The molecule has 0 spiro atoms. The molecule has 2 heteroatoms. The lowest BCUT2D eigenvalue weighted by molar-refractivity contribution is -0.0406. The molecule has 0 saturated heterocycles. The third-order valence-corrected chi connectivity index (χ3v) is 3.91. The van der Waals surface area contributed by atoms with Gasteiger partial charge in [-0.2, -0.15) is 0 Å². The standard InChI is InChI=1S/C12H22O2/c1-8(2)10-6-5-9(3)12(4,7-13)11(10)14/h9,11,13-14H,5-7H2,1-4H3. The van der Waals surface area contributed by atoms with Crippen molar-refractivity contribution in [2.24, 2.45) is 11.3 Å². The van der Waals surface area contributed by atoms with E-state index in [1.807, 2.05) is 20.8 Å². The van der Waals surface area contributed by atoms with Crippen molar-refractivity contribution in [1.82, 2.24) is 0 Å². The van der Waals surface area contributed by atoms with E-state index >= 15 is 0 Å². The molecule has 0 aliphatic heterocycles. The molecule has 0 aromatic heterocycles. The van der Waals surface area contributed by atoms with Crippen molar-refractivity contribution in [3.63, 3.8) is 0 Å². The Labute approximate surface area is 86.6 Å². The maximum Gasteiger partial charge on any atom is 0.0830 e. The summed E-state index contributed by atoms with van der Waals surface area (Å²) in [7, 11) is 0. The highest BCUT2D eigenvalue weighted by molar-refractivity contribution is 5.21. The van der Waals surface area contributed by atoms with Gasteiger partial charge in [0.1, 0.15) is 0 Å². The maximum absolute atomic E-state index is 10.2. The van der Waals surface area contributed by atoms with Crippen LogP contribution in [0.5, 0.6) is 0 Å². The largest absolute Gasteiger partial charge is 0.396 e. The van der Waals surface area contributed by atoms with Gasteiger partial charge in [-0.15, -0.1) is 0 Å². The highest BCUT2D eigenvalue weighted by Gasteiger charge is 2.43. The molecule has 0 radical (unpaired) electrons. The molecule has 0 aromatic rings. The van der Waals surface area contributed by atoms with Crippen LogP contribution in [0, 0.1) is 11.3 Å². The van der Waals surface area contributed by atoms with Crippen molar-refractivity contribution in [1.29, 1.82) is 0 Å². The van der Waals surface area contributed by atoms with Crippen LogP contribution in [0.4, 0.5) is 0 Å². The molecule has 3 unspecified atom stereocenters. The third kappa shape index (κ3) is 1.73. The molecule has 14 heavy (non-hydrogen) atoms. The predicted octanol–water partition coefficient (Wildman–Crippen LogP) is 2.11. The first-order chi connectivity index (χ1) is 6.43. The normalized spacial score (nSPS) is 38.6. The fourth-order valence-electron chi connectivity index (χ4n) is 2.27. The summed E-state index contributed by atoms with van der Waals surface area (Å²) in [5, 5.41) is 19.6. The summed E-state index contributed by atoms with van der Waals surface area (Å²) in [6.45, 7) is 8.22. The lowest BCUT2D eigenvalue weighted by Crippen LogP contribution is -2.45. The van der Waals surface area contributed by atoms with Gasteiger partial charge in [0.2, 0.25) is 0 Å². The van der Waals surface area contributed by atoms with Gasteiger partial charge >= 0.3 is 0 Å². The molecule has 0 bridgehead atoms. The lowest BCUT2D eigenvalue weighted by Gasteiger charge is -2.44. The van der Waals surface area contributed by atoms with Crippen molar-refractivity contribution >= 4 is 0 Å². The average Bonchev–Trinajstić information content (AvgIpc) is 2.14. The molecule has 0 amide bonds. The van der Waals surface area contributed by atoms with Crippen LogP contribution < -0.4 is 0 Å². The summed E-state index contributed by atoms with van der Waals surface area (Å²) in [6, 6.07) is 0. The van der Waals surface area contributed by atoms with Gasteiger partial charge in [0, 0.05) is 5.41 Å². The highest BCUT2D eigenvalue weighted by Crippen LogP contribution is 2.43. The third-order valence-electron chi connectivity index (χ3n) is 3.91. The minimum absolute atomic E-state index is 0.0616. The summed E-state index contributed by atoms with van der Waals surface area (Å²) in [5.74, 6) is 0.380. The molecule has 2 N–H and O–H groups in total. The van der Waals surface area contributed by atoms with E-state index in [1.165, 1.54) is 5.57 Å². The minimum Gasteiger partial charge on any atom is -0.396 e. The molecule has 2 nitrogen and oxygen atoms in total. The van der Waals surface area contributed by atoms with E-state index in [2.05, 4.69) is 6.92 Å². The van der Waals surface area contributed by atoms with Crippen LogP contribution in [-0.2, 0) is 0 Å². The Hall–Kier alpha value is -0.340. The quantitative estimate of drug-likeness (QED) is 0.634. The zero-order valence-electron chi connectivity index (χ0n) is 9.67. The van der Waals surface area contributed by atoms with Crippen LogP contribution in [-0.4, -0.2) is 22.9 Å². The zero-order chi connectivity index (χ0) is 10.9. The van der Waals surface area contributed by atoms with Crippen LogP contribution >= 0.6 is 0 Å². The van der Waals surface area contributed by atoms with E-state index in [1.54, 1.807) is 0 Å². The summed E-state index contributed by atoms with van der Waals surface area (Å²) in [6.07, 6.45) is 1.57. The van der Waals surface area contributed by atoms with Crippen LogP contribution in [0.2, 0.25) is 0 Å². The molecule has 0 aromatic carbocycles. The van der Waals surface area contributed by atoms with E-state index in [4.69, 9.17) is 0 Å². The van der Waals surface area contributed by atoms with E-state index in [-0.39, 0.29) is 12.0 Å². The Morgan fingerprint density at radius 2 is 2.07 bits per heavy atom. The van der Waals surface area contributed by atoms with Crippen molar-refractivity contribution in [3.05, 3.63) is 11.1 Å². The van der Waals surface area contributed by atoms with Crippen LogP contribution in [0.15, 0.2) is 11.1 Å². The molecule has 1 rings (SSSR count). The number of aliphatic hydroxyl groups is 2. The van der Waals surface area contributed by atoms with Crippen molar-refractivity contribution in [2.45, 2.75) is 46.6 Å². The maximum atomic E-state index is 10.2. The molecule has 1 aliphatic rings. The van der Waals surface area contributed by atoms with Gasteiger partial charge in [0.25, 0.3) is 0 Å². The first-order valence-corrected chi connectivity index (χ1v) is 5.38. The van der Waals surface area contributed by atoms with Crippen molar-refractivity contribution in [2.75, 3.05) is 6.61 Å². The SMILES string of the molecule is CC(C)=C1CCC(C)C(C)(CO)C1O. The second-order valence-electron chi connectivity index (χ2n) is 5.03. The minimum atomic E-state index is -0.471. The van der Waals surface area contributed by atoms with Gasteiger partial charge in [-0.25, -0.2) is 0 Å². The first-order valence-electron chi connectivity index (χ1n) is 5.38. The number of rotatable bonds is 1. The van der Waals surface area contributed by atoms with E-state index in [9.17, 15) is 10.2 Å². The molecule has 1 fully saturated rings. The van der Waals surface area contributed by atoms with Gasteiger partial charge in [-0.05, 0) is 38.2 Å².